The van der Waals surface area contributed by atoms with Gasteiger partial charge in [-0.05, 0) is 24.6 Å². The molecule has 0 fully saturated rings. The molecule has 0 unspecified atom stereocenters. The van der Waals surface area contributed by atoms with Crippen LogP contribution in [-0.2, 0) is 13.2 Å². The normalized spacial score (nSPS) is 10.4. The van der Waals surface area contributed by atoms with Gasteiger partial charge in [0.05, 0.1) is 6.61 Å². The lowest BCUT2D eigenvalue weighted by Gasteiger charge is -2.10. The van der Waals surface area contributed by atoms with Gasteiger partial charge in [-0.3, -0.25) is 4.98 Å². The van der Waals surface area contributed by atoms with E-state index >= 15 is 0 Å². The molecule has 0 aliphatic rings. The van der Waals surface area contributed by atoms with Crippen molar-refractivity contribution in [2.45, 2.75) is 20.1 Å². The average molecular weight is 264 g/mol. The first-order chi connectivity index (χ1) is 8.69. The number of rotatable bonds is 4. The van der Waals surface area contributed by atoms with E-state index in [-0.39, 0.29) is 6.61 Å². The summed E-state index contributed by atoms with van der Waals surface area (Å²) in [5, 5.41) is 9.91. The third kappa shape index (κ3) is 3.22. The van der Waals surface area contributed by atoms with Gasteiger partial charge in [-0.25, -0.2) is 0 Å². The largest absolute Gasteiger partial charge is 0.488 e. The second kappa shape index (κ2) is 5.85. The number of halogens is 1. The lowest BCUT2D eigenvalue weighted by atomic mass is 10.2. The zero-order valence-corrected chi connectivity index (χ0v) is 10.8. The van der Waals surface area contributed by atoms with Gasteiger partial charge in [0, 0.05) is 28.5 Å². The monoisotopic (exact) mass is 263 g/mol. The first kappa shape index (κ1) is 12.9. The van der Waals surface area contributed by atoms with Crippen molar-refractivity contribution >= 4 is 11.6 Å². The molecule has 0 spiro atoms. The molecule has 0 saturated heterocycles. The number of hydrogen-bond donors (Lipinski definition) is 1. The van der Waals surface area contributed by atoms with Gasteiger partial charge >= 0.3 is 0 Å². The van der Waals surface area contributed by atoms with E-state index in [4.69, 9.17) is 16.3 Å². The molecule has 2 aromatic rings. The number of benzene rings is 1. The number of ether oxygens (including phenoxy) is 1. The Labute approximate surface area is 111 Å². The fraction of sp³-hybridized carbons (Fsp3) is 0.214. The van der Waals surface area contributed by atoms with Crippen molar-refractivity contribution in [1.82, 2.24) is 4.98 Å². The summed E-state index contributed by atoms with van der Waals surface area (Å²) in [6.07, 6.45) is 1.63. The highest BCUT2D eigenvalue weighted by atomic mass is 35.5. The van der Waals surface area contributed by atoms with E-state index in [0.29, 0.717) is 22.9 Å². The molecule has 18 heavy (non-hydrogen) atoms. The highest BCUT2D eigenvalue weighted by Crippen LogP contribution is 2.20. The van der Waals surface area contributed by atoms with Crippen LogP contribution >= 0.6 is 11.6 Å². The standard InChI is InChI=1S/C14H14ClNO2/c1-10-6-14(12(8-17)7-16-10)18-9-11-2-4-13(15)5-3-11/h2-7,17H,8-9H2,1H3. The van der Waals surface area contributed by atoms with Crippen molar-refractivity contribution in [3.05, 3.63) is 58.4 Å². The number of aliphatic hydroxyl groups is 1. The second-order valence-electron chi connectivity index (χ2n) is 4.01. The molecule has 0 amide bonds. The van der Waals surface area contributed by atoms with Gasteiger partial charge in [-0.2, -0.15) is 0 Å². The summed E-state index contributed by atoms with van der Waals surface area (Å²) in [7, 11) is 0. The number of nitrogens with zero attached hydrogens (tertiary/aromatic N) is 1. The zero-order chi connectivity index (χ0) is 13.0. The van der Waals surface area contributed by atoms with Gasteiger partial charge in [-0.15, -0.1) is 0 Å². The first-order valence-corrected chi connectivity index (χ1v) is 6.00. The van der Waals surface area contributed by atoms with E-state index in [1.165, 1.54) is 0 Å². The molecule has 3 nitrogen and oxygen atoms in total. The highest BCUT2D eigenvalue weighted by Gasteiger charge is 2.04. The first-order valence-electron chi connectivity index (χ1n) is 5.62. The quantitative estimate of drug-likeness (QED) is 0.922. The molecule has 0 atom stereocenters. The van der Waals surface area contributed by atoms with Crippen LogP contribution in [0.4, 0.5) is 0 Å². The molecular formula is C14H14ClNO2. The van der Waals surface area contributed by atoms with Gasteiger partial charge in [-0.1, -0.05) is 23.7 Å². The van der Waals surface area contributed by atoms with Crippen LogP contribution in [0.1, 0.15) is 16.8 Å². The Kier molecular flexibility index (Phi) is 4.18. The molecule has 4 heteroatoms. The Balaban J connectivity index is 2.09. The van der Waals surface area contributed by atoms with E-state index in [1.807, 2.05) is 37.3 Å². The Hall–Kier alpha value is -1.58. The van der Waals surface area contributed by atoms with Crippen LogP contribution in [0.2, 0.25) is 5.02 Å². The molecule has 0 aliphatic heterocycles. The van der Waals surface area contributed by atoms with Gasteiger partial charge < -0.3 is 9.84 Å². The van der Waals surface area contributed by atoms with Crippen LogP contribution in [-0.4, -0.2) is 10.1 Å². The molecule has 1 aromatic heterocycles. The molecule has 1 N–H and O–H groups in total. The van der Waals surface area contributed by atoms with Crippen LogP contribution in [0.3, 0.4) is 0 Å². The number of aliphatic hydroxyl groups excluding tert-OH is 1. The molecule has 1 heterocycles. The van der Waals surface area contributed by atoms with Crippen LogP contribution < -0.4 is 4.74 Å². The summed E-state index contributed by atoms with van der Waals surface area (Å²) in [4.78, 5) is 4.12. The number of aryl methyl sites for hydroxylation is 1. The maximum atomic E-state index is 9.21. The summed E-state index contributed by atoms with van der Waals surface area (Å²) in [6, 6.07) is 9.29. The Morgan fingerprint density at radius 3 is 2.67 bits per heavy atom. The number of pyridine rings is 1. The third-order valence-corrected chi connectivity index (χ3v) is 2.81. The van der Waals surface area contributed by atoms with Crippen molar-refractivity contribution in [3.8, 4) is 5.75 Å². The lowest BCUT2D eigenvalue weighted by molar-refractivity contribution is 0.258. The van der Waals surface area contributed by atoms with E-state index in [9.17, 15) is 5.11 Å². The fourth-order valence-corrected chi connectivity index (χ4v) is 1.68. The summed E-state index contributed by atoms with van der Waals surface area (Å²) in [6.45, 7) is 2.24. The predicted molar refractivity (Wildman–Crippen MR) is 70.7 cm³/mol. The summed E-state index contributed by atoms with van der Waals surface area (Å²) in [5.41, 5.74) is 2.57. The molecule has 0 bridgehead atoms. The SMILES string of the molecule is Cc1cc(OCc2ccc(Cl)cc2)c(CO)cn1. The fourth-order valence-electron chi connectivity index (χ4n) is 1.56. The molecule has 0 aliphatic carbocycles. The second-order valence-corrected chi connectivity index (χ2v) is 4.44. The molecular weight excluding hydrogens is 250 g/mol. The maximum Gasteiger partial charge on any atom is 0.128 e. The van der Waals surface area contributed by atoms with Gasteiger partial charge in [0.2, 0.25) is 0 Å². The summed E-state index contributed by atoms with van der Waals surface area (Å²) < 4.78 is 5.69. The number of hydrogen-bond acceptors (Lipinski definition) is 3. The van der Waals surface area contributed by atoms with E-state index < -0.39 is 0 Å². The summed E-state index contributed by atoms with van der Waals surface area (Å²) >= 11 is 5.82. The highest BCUT2D eigenvalue weighted by molar-refractivity contribution is 6.30. The minimum atomic E-state index is -0.0801. The van der Waals surface area contributed by atoms with Gasteiger partial charge in [0.1, 0.15) is 12.4 Å². The summed E-state index contributed by atoms with van der Waals surface area (Å²) in [5.74, 6) is 0.667. The van der Waals surface area contributed by atoms with Crippen molar-refractivity contribution in [2.75, 3.05) is 0 Å². The minimum Gasteiger partial charge on any atom is -0.488 e. The smallest absolute Gasteiger partial charge is 0.128 e. The van der Waals surface area contributed by atoms with Crippen molar-refractivity contribution < 1.29 is 9.84 Å². The van der Waals surface area contributed by atoms with Crippen molar-refractivity contribution in [1.29, 1.82) is 0 Å². The third-order valence-electron chi connectivity index (χ3n) is 2.56. The van der Waals surface area contributed by atoms with Crippen LogP contribution in [0, 0.1) is 6.92 Å². The lowest BCUT2D eigenvalue weighted by Crippen LogP contribution is -2.00. The van der Waals surface area contributed by atoms with Crippen molar-refractivity contribution in [2.24, 2.45) is 0 Å². The predicted octanol–water partition coefficient (Wildman–Crippen LogP) is 3.11. The Morgan fingerprint density at radius 2 is 2.00 bits per heavy atom. The maximum absolute atomic E-state index is 9.21. The number of aromatic nitrogens is 1. The topological polar surface area (TPSA) is 42.4 Å². The average Bonchev–Trinajstić information content (AvgIpc) is 2.38. The van der Waals surface area contributed by atoms with E-state index in [0.717, 1.165) is 11.3 Å². The molecule has 0 radical (unpaired) electrons. The van der Waals surface area contributed by atoms with Gasteiger partial charge in [0.25, 0.3) is 0 Å². The molecule has 1 aromatic carbocycles. The van der Waals surface area contributed by atoms with E-state index in [2.05, 4.69) is 4.98 Å². The van der Waals surface area contributed by atoms with Gasteiger partial charge in [0.15, 0.2) is 0 Å². The Morgan fingerprint density at radius 1 is 1.28 bits per heavy atom. The zero-order valence-electron chi connectivity index (χ0n) is 10.1. The van der Waals surface area contributed by atoms with Crippen LogP contribution in [0.25, 0.3) is 0 Å². The van der Waals surface area contributed by atoms with Crippen LogP contribution in [0.15, 0.2) is 36.5 Å². The Bertz CT molecular complexity index is 526. The van der Waals surface area contributed by atoms with Crippen LogP contribution in [0.5, 0.6) is 5.75 Å². The molecule has 2 rings (SSSR count). The molecule has 0 saturated carbocycles. The minimum absolute atomic E-state index is 0.0801. The van der Waals surface area contributed by atoms with E-state index in [1.54, 1.807) is 6.20 Å². The molecule has 94 valence electrons. The van der Waals surface area contributed by atoms with Crippen molar-refractivity contribution in [3.63, 3.8) is 0 Å².